The molecule has 1 atom stereocenters. The minimum absolute atomic E-state index is 0.00677. The molecule has 1 fully saturated rings. The van der Waals surface area contributed by atoms with Crippen molar-refractivity contribution < 1.29 is 19.5 Å². The Labute approximate surface area is 119 Å². The van der Waals surface area contributed by atoms with Crippen LogP contribution in [-0.2, 0) is 14.4 Å². The van der Waals surface area contributed by atoms with Gasteiger partial charge in [0, 0.05) is 38.4 Å². The molecule has 0 aromatic carbocycles. The number of piperidine rings is 1. The van der Waals surface area contributed by atoms with Crippen molar-refractivity contribution in [2.75, 3.05) is 13.1 Å². The maximum atomic E-state index is 12.1. The summed E-state index contributed by atoms with van der Waals surface area (Å²) in [7, 11) is 0. The summed E-state index contributed by atoms with van der Waals surface area (Å²) >= 11 is 0. The van der Waals surface area contributed by atoms with E-state index in [2.05, 4.69) is 5.32 Å². The van der Waals surface area contributed by atoms with Crippen LogP contribution in [0.25, 0.3) is 0 Å². The van der Waals surface area contributed by atoms with Crippen LogP contribution in [0.5, 0.6) is 0 Å². The fourth-order valence-electron chi connectivity index (χ4n) is 2.45. The van der Waals surface area contributed by atoms with Gasteiger partial charge in [-0.2, -0.15) is 0 Å². The normalized spacial score (nSPS) is 17.6. The summed E-state index contributed by atoms with van der Waals surface area (Å²) < 4.78 is 0. The quantitative estimate of drug-likeness (QED) is 0.762. The molecule has 114 valence electrons. The number of aliphatic carboxylic acids is 1. The lowest BCUT2D eigenvalue weighted by Gasteiger charge is -2.31. The molecule has 1 saturated heterocycles. The number of carbonyl (C=O) groups is 3. The highest BCUT2D eigenvalue weighted by molar-refractivity contribution is 5.79. The largest absolute Gasteiger partial charge is 0.481 e. The number of amides is 2. The fourth-order valence-corrected chi connectivity index (χ4v) is 2.45. The lowest BCUT2D eigenvalue weighted by atomic mass is 9.95. The first-order valence-corrected chi connectivity index (χ1v) is 7.18. The molecule has 1 unspecified atom stereocenters. The van der Waals surface area contributed by atoms with Crippen molar-refractivity contribution in [2.45, 2.75) is 52.0 Å². The molecule has 0 bridgehead atoms. The van der Waals surface area contributed by atoms with Crippen LogP contribution < -0.4 is 5.32 Å². The van der Waals surface area contributed by atoms with Gasteiger partial charge >= 0.3 is 5.97 Å². The van der Waals surface area contributed by atoms with Crippen LogP contribution in [0.2, 0.25) is 0 Å². The average molecular weight is 284 g/mol. The second kappa shape index (κ2) is 7.87. The minimum Gasteiger partial charge on any atom is -0.481 e. The predicted octanol–water partition coefficient (Wildman–Crippen LogP) is 1.00. The van der Waals surface area contributed by atoms with Gasteiger partial charge in [0.2, 0.25) is 11.8 Å². The molecule has 1 aliphatic heterocycles. The second-order valence-corrected chi connectivity index (χ2v) is 5.48. The highest BCUT2D eigenvalue weighted by Crippen LogP contribution is 2.17. The van der Waals surface area contributed by atoms with Gasteiger partial charge < -0.3 is 15.3 Å². The van der Waals surface area contributed by atoms with E-state index in [0.29, 0.717) is 38.8 Å². The number of nitrogens with one attached hydrogen (secondary N) is 1. The molecule has 1 rings (SSSR count). The summed E-state index contributed by atoms with van der Waals surface area (Å²) in [6.45, 7) is 4.72. The maximum absolute atomic E-state index is 12.1. The van der Waals surface area contributed by atoms with E-state index in [1.54, 1.807) is 11.8 Å². The van der Waals surface area contributed by atoms with E-state index in [9.17, 15) is 14.4 Å². The first-order chi connectivity index (χ1) is 9.40. The number of carboxylic acid groups (broad SMARTS) is 1. The van der Waals surface area contributed by atoms with Crippen LogP contribution in [-0.4, -0.2) is 46.9 Å². The van der Waals surface area contributed by atoms with Gasteiger partial charge in [-0.25, -0.2) is 0 Å². The van der Waals surface area contributed by atoms with Gasteiger partial charge in [-0.3, -0.25) is 14.4 Å². The first-order valence-electron chi connectivity index (χ1n) is 7.18. The molecular formula is C14H24N2O4. The van der Waals surface area contributed by atoms with Crippen LogP contribution in [0.15, 0.2) is 0 Å². The Morgan fingerprint density at radius 1 is 1.30 bits per heavy atom. The van der Waals surface area contributed by atoms with E-state index in [-0.39, 0.29) is 30.2 Å². The lowest BCUT2D eigenvalue weighted by Crippen LogP contribution is -2.44. The van der Waals surface area contributed by atoms with E-state index < -0.39 is 5.97 Å². The molecule has 0 spiro atoms. The van der Waals surface area contributed by atoms with E-state index in [1.807, 2.05) is 6.92 Å². The van der Waals surface area contributed by atoms with Crippen molar-refractivity contribution >= 4 is 17.8 Å². The number of likely N-dealkylation sites (tertiary alicyclic amines) is 1. The van der Waals surface area contributed by atoms with E-state index in [0.717, 1.165) is 0 Å². The maximum Gasteiger partial charge on any atom is 0.303 e. The highest BCUT2D eigenvalue weighted by Gasteiger charge is 2.26. The molecule has 0 aliphatic carbocycles. The van der Waals surface area contributed by atoms with Gasteiger partial charge in [0.25, 0.3) is 0 Å². The number of carbonyl (C=O) groups excluding carboxylic acids is 2. The molecule has 6 heteroatoms. The smallest absolute Gasteiger partial charge is 0.303 e. The molecule has 0 saturated carbocycles. The second-order valence-electron chi connectivity index (χ2n) is 5.48. The van der Waals surface area contributed by atoms with Crippen molar-refractivity contribution in [1.29, 1.82) is 0 Å². The molecule has 0 radical (unpaired) electrons. The minimum atomic E-state index is -0.805. The molecule has 1 aliphatic rings. The van der Waals surface area contributed by atoms with Gasteiger partial charge in [-0.05, 0) is 32.6 Å². The Morgan fingerprint density at radius 2 is 1.90 bits per heavy atom. The van der Waals surface area contributed by atoms with Crippen LogP contribution in [0.4, 0.5) is 0 Å². The van der Waals surface area contributed by atoms with Crippen LogP contribution in [0.3, 0.4) is 0 Å². The third kappa shape index (κ3) is 5.59. The number of hydrogen-bond acceptors (Lipinski definition) is 3. The number of rotatable bonds is 6. The predicted molar refractivity (Wildman–Crippen MR) is 74.1 cm³/mol. The van der Waals surface area contributed by atoms with E-state index in [4.69, 9.17) is 5.11 Å². The summed E-state index contributed by atoms with van der Waals surface area (Å²) in [4.78, 5) is 35.4. The Balaban J connectivity index is 2.26. The van der Waals surface area contributed by atoms with Crippen molar-refractivity contribution in [3.63, 3.8) is 0 Å². The van der Waals surface area contributed by atoms with Gasteiger partial charge in [-0.15, -0.1) is 0 Å². The van der Waals surface area contributed by atoms with E-state index >= 15 is 0 Å². The van der Waals surface area contributed by atoms with Crippen LogP contribution >= 0.6 is 0 Å². The van der Waals surface area contributed by atoms with Crippen LogP contribution in [0.1, 0.15) is 46.0 Å². The lowest BCUT2D eigenvalue weighted by molar-refractivity contribution is -0.137. The third-order valence-corrected chi connectivity index (χ3v) is 3.73. The number of hydrogen-bond donors (Lipinski definition) is 2. The van der Waals surface area contributed by atoms with Gasteiger partial charge in [0.05, 0.1) is 0 Å². The van der Waals surface area contributed by atoms with Gasteiger partial charge in [0.15, 0.2) is 0 Å². The molecule has 0 aromatic heterocycles. The van der Waals surface area contributed by atoms with Crippen molar-refractivity contribution in [3.05, 3.63) is 0 Å². The zero-order chi connectivity index (χ0) is 15.1. The molecule has 2 N–H and O–H groups in total. The molecule has 20 heavy (non-hydrogen) atoms. The summed E-state index contributed by atoms with van der Waals surface area (Å²) in [5.41, 5.74) is 0. The highest BCUT2D eigenvalue weighted by atomic mass is 16.4. The van der Waals surface area contributed by atoms with Crippen molar-refractivity contribution in [1.82, 2.24) is 10.2 Å². The van der Waals surface area contributed by atoms with Crippen LogP contribution in [0, 0.1) is 5.92 Å². The summed E-state index contributed by atoms with van der Waals surface area (Å²) in [5.74, 6) is -0.755. The zero-order valence-corrected chi connectivity index (χ0v) is 12.2. The topological polar surface area (TPSA) is 86.7 Å². The Kier molecular flexibility index (Phi) is 6.48. The molecular weight excluding hydrogens is 260 g/mol. The Hall–Kier alpha value is -1.59. The first kappa shape index (κ1) is 16.5. The summed E-state index contributed by atoms with van der Waals surface area (Å²) in [5, 5.41) is 11.5. The SMILES string of the molecule is CC(=O)N1CCC(C(=O)NC(C)CCCC(=O)O)CC1. The van der Waals surface area contributed by atoms with Crippen molar-refractivity contribution in [3.8, 4) is 0 Å². The van der Waals surface area contributed by atoms with Crippen molar-refractivity contribution in [2.24, 2.45) is 5.92 Å². The molecule has 0 aromatic rings. The van der Waals surface area contributed by atoms with Gasteiger partial charge in [0.1, 0.15) is 0 Å². The fraction of sp³-hybridized carbons (Fsp3) is 0.786. The molecule has 6 nitrogen and oxygen atoms in total. The Morgan fingerprint density at radius 3 is 2.40 bits per heavy atom. The van der Waals surface area contributed by atoms with Gasteiger partial charge in [-0.1, -0.05) is 0 Å². The Bertz CT molecular complexity index is 362. The average Bonchev–Trinajstić information content (AvgIpc) is 2.38. The summed E-state index contributed by atoms with van der Waals surface area (Å²) in [6, 6.07) is -0.00677. The summed E-state index contributed by atoms with van der Waals surface area (Å²) in [6.07, 6.45) is 2.78. The number of nitrogens with zero attached hydrogens (tertiary/aromatic N) is 1. The molecule has 2 amide bonds. The monoisotopic (exact) mass is 284 g/mol. The standard InChI is InChI=1S/C14H24N2O4/c1-10(4-3-5-13(18)19)15-14(20)12-6-8-16(9-7-12)11(2)17/h10,12H,3-9H2,1-2H3,(H,15,20)(H,18,19). The van der Waals surface area contributed by atoms with E-state index in [1.165, 1.54) is 0 Å². The third-order valence-electron chi connectivity index (χ3n) is 3.73. The zero-order valence-electron chi connectivity index (χ0n) is 12.2. The number of carboxylic acids is 1. The molecule has 1 heterocycles.